The zero-order chi connectivity index (χ0) is 25.2. The van der Waals surface area contributed by atoms with Crippen LogP contribution in [0.1, 0.15) is 25.8 Å². The van der Waals surface area contributed by atoms with Crippen molar-refractivity contribution in [3.63, 3.8) is 0 Å². The molecule has 0 saturated carbocycles. The van der Waals surface area contributed by atoms with Crippen LogP contribution in [0.5, 0.6) is 11.5 Å². The van der Waals surface area contributed by atoms with E-state index in [1.54, 1.807) is 26.0 Å². The van der Waals surface area contributed by atoms with Crippen LogP contribution in [0.4, 0.5) is 16.6 Å². The number of nitrogen functional groups attached to an aromatic ring is 1. The molecule has 2 heterocycles. The number of nitrogens with zero attached hydrogens (tertiary/aromatic N) is 2. The van der Waals surface area contributed by atoms with Gasteiger partial charge in [0.1, 0.15) is 15.7 Å². The average Bonchev–Trinajstić information content (AvgIpc) is 3.50. The molecule has 4 aromatic rings. The predicted octanol–water partition coefficient (Wildman–Crippen LogP) is 6.62. The number of nitrogens with one attached hydrogen (secondary N) is 1. The Morgan fingerprint density at radius 2 is 1.97 bits per heavy atom. The lowest BCUT2D eigenvalue weighted by Gasteiger charge is -2.22. The van der Waals surface area contributed by atoms with Gasteiger partial charge in [-0.2, -0.15) is 0 Å². The summed E-state index contributed by atoms with van der Waals surface area (Å²) in [4.78, 5) is 11.1. The number of thiazole rings is 2. The third-order valence-corrected chi connectivity index (χ3v) is 8.46. The fraction of sp³-hybridized carbons (Fsp3) is 0.280. The second kappa shape index (κ2) is 10.4. The minimum absolute atomic E-state index is 0.423. The third-order valence-electron chi connectivity index (χ3n) is 5.74. The molecule has 2 aromatic heterocycles. The van der Waals surface area contributed by atoms with Crippen molar-refractivity contribution in [3.8, 4) is 32.6 Å². The Hall–Kier alpha value is -2.79. The number of hydrogen-bond acceptors (Lipinski definition) is 10. The Kier molecular flexibility index (Phi) is 7.56. The highest BCUT2D eigenvalue weighted by Gasteiger charge is 2.22. The molecule has 0 bridgehead atoms. The van der Waals surface area contributed by atoms with Crippen LogP contribution in [0.15, 0.2) is 46.7 Å². The number of aliphatic hydroxyl groups is 1. The third kappa shape index (κ3) is 5.25. The molecule has 1 atom stereocenters. The van der Waals surface area contributed by atoms with Crippen LogP contribution in [0.3, 0.4) is 0 Å². The van der Waals surface area contributed by atoms with Crippen molar-refractivity contribution in [3.05, 3.63) is 47.3 Å². The molecule has 35 heavy (non-hydrogen) atoms. The van der Waals surface area contributed by atoms with Crippen LogP contribution in [0, 0.1) is 0 Å². The van der Waals surface area contributed by atoms with E-state index in [1.165, 1.54) is 22.7 Å². The highest BCUT2D eigenvalue weighted by atomic mass is 32.2. The fourth-order valence-corrected chi connectivity index (χ4v) is 5.99. The zero-order valence-electron chi connectivity index (χ0n) is 20.2. The summed E-state index contributed by atoms with van der Waals surface area (Å²) in [7, 11) is 3.24. The maximum Gasteiger partial charge on any atom is 0.189 e. The number of methoxy groups -OCH3 is 2. The predicted molar refractivity (Wildman–Crippen MR) is 148 cm³/mol. The number of benzene rings is 2. The van der Waals surface area contributed by atoms with Gasteiger partial charge in [-0.3, -0.25) is 0 Å². The Morgan fingerprint density at radius 1 is 1.17 bits per heavy atom. The molecule has 2 aromatic carbocycles. The van der Waals surface area contributed by atoms with Crippen molar-refractivity contribution in [2.45, 2.75) is 30.8 Å². The van der Waals surface area contributed by atoms with E-state index in [2.05, 4.69) is 10.3 Å². The van der Waals surface area contributed by atoms with Gasteiger partial charge in [0.15, 0.2) is 16.6 Å². The van der Waals surface area contributed by atoms with Crippen molar-refractivity contribution in [1.82, 2.24) is 9.97 Å². The minimum atomic E-state index is -0.877. The number of anilines is 3. The summed E-state index contributed by atoms with van der Waals surface area (Å²) in [6.45, 7) is 3.79. The monoisotopic (exact) mass is 528 g/mol. The molecule has 7 nitrogen and oxygen atoms in total. The summed E-state index contributed by atoms with van der Waals surface area (Å²) < 4.78 is 11.0. The van der Waals surface area contributed by atoms with Gasteiger partial charge in [0.2, 0.25) is 0 Å². The fourth-order valence-electron chi connectivity index (χ4n) is 3.54. The number of rotatable bonds is 9. The molecule has 0 spiro atoms. The van der Waals surface area contributed by atoms with Gasteiger partial charge in [-0.05, 0) is 37.3 Å². The van der Waals surface area contributed by atoms with E-state index in [9.17, 15) is 5.11 Å². The van der Waals surface area contributed by atoms with Gasteiger partial charge in [-0.25, -0.2) is 9.97 Å². The topological polar surface area (TPSA) is 103 Å². The largest absolute Gasteiger partial charge is 0.493 e. The summed E-state index contributed by atoms with van der Waals surface area (Å²) in [6, 6.07) is 11.7. The lowest BCUT2D eigenvalue weighted by atomic mass is 9.92. The maximum atomic E-state index is 10.6. The van der Waals surface area contributed by atoms with Gasteiger partial charge in [0, 0.05) is 22.7 Å². The first-order valence-electron chi connectivity index (χ1n) is 10.9. The van der Waals surface area contributed by atoms with Gasteiger partial charge in [0.25, 0.3) is 0 Å². The molecular weight excluding hydrogens is 501 g/mol. The molecule has 184 valence electrons. The molecule has 0 fully saturated rings. The minimum Gasteiger partial charge on any atom is -0.493 e. The second-order valence-electron chi connectivity index (χ2n) is 8.02. The van der Waals surface area contributed by atoms with Crippen LogP contribution >= 0.6 is 34.4 Å². The van der Waals surface area contributed by atoms with E-state index in [0.29, 0.717) is 28.9 Å². The van der Waals surface area contributed by atoms with Crippen LogP contribution < -0.4 is 20.5 Å². The summed E-state index contributed by atoms with van der Waals surface area (Å²) in [5, 5.41) is 17.4. The van der Waals surface area contributed by atoms with Gasteiger partial charge in [-0.1, -0.05) is 36.5 Å². The highest BCUT2D eigenvalue weighted by molar-refractivity contribution is 7.98. The molecule has 10 heteroatoms. The molecule has 0 aliphatic heterocycles. The zero-order valence-corrected chi connectivity index (χ0v) is 22.7. The van der Waals surface area contributed by atoms with Gasteiger partial charge < -0.3 is 25.6 Å². The summed E-state index contributed by atoms with van der Waals surface area (Å²) in [6.07, 6.45) is 2.62. The highest BCUT2D eigenvalue weighted by Crippen LogP contribution is 2.43. The Bertz CT molecular complexity index is 1310. The molecular formula is C25H28N4O3S3. The number of ether oxygens (including phenoxy) is 2. The summed E-state index contributed by atoms with van der Waals surface area (Å²) in [5.41, 5.74) is 8.89. The molecule has 4 rings (SSSR count). The summed E-state index contributed by atoms with van der Waals surface area (Å²) >= 11 is 4.54. The number of nitrogens with two attached hydrogens (primary N) is 1. The number of hydrogen-bond donors (Lipinski definition) is 3. The first-order chi connectivity index (χ1) is 16.8. The summed E-state index contributed by atoms with van der Waals surface area (Å²) in [5.74, 6) is 1.76. The molecule has 0 aliphatic carbocycles. The van der Waals surface area contributed by atoms with Crippen molar-refractivity contribution >= 4 is 51.1 Å². The normalized spacial score (nSPS) is 12.9. The van der Waals surface area contributed by atoms with E-state index in [0.717, 1.165) is 37.3 Å². The molecule has 0 saturated heterocycles. The van der Waals surface area contributed by atoms with Crippen molar-refractivity contribution in [2.24, 2.45) is 0 Å². The van der Waals surface area contributed by atoms with E-state index < -0.39 is 5.60 Å². The van der Waals surface area contributed by atoms with Crippen LogP contribution in [0.2, 0.25) is 0 Å². The van der Waals surface area contributed by atoms with E-state index in [-0.39, 0.29) is 0 Å². The molecule has 4 N–H and O–H groups in total. The maximum absolute atomic E-state index is 10.6. The van der Waals surface area contributed by atoms with Gasteiger partial charge in [0.05, 0.1) is 30.4 Å². The number of aromatic nitrogens is 2. The molecule has 0 aliphatic rings. The van der Waals surface area contributed by atoms with E-state index in [4.69, 9.17) is 20.2 Å². The first kappa shape index (κ1) is 25.3. The quantitative estimate of drug-likeness (QED) is 0.208. The first-order valence-corrected chi connectivity index (χ1v) is 13.8. The Morgan fingerprint density at radius 3 is 2.66 bits per heavy atom. The van der Waals surface area contributed by atoms with E-state index in [1.807, 2.05) is 61.9 Å². The van der Waals surface area contributed by atoms with Crippen molar-refractivity contribution < 1.29 is 14.6 Å². The smallest absolute Gasteiger partial charge is 0.189 e. The average molecular weight is 529 g/mol. The van der Waals surface area contributed by atoms with Crippen LogP contribution in [-0.4, -0.2) is 35.5 Å². The molecule has 1 unspecified atom stereocenters. The lowest BCUT2D eigenvalue weighted by Crippen LogP contribution is -2.19. The molecule has 0 radical (unpaired) electrons. The molecule has 0 amide bonds. The van der Waals surface area contributed by atoms with Gasteiger partial charge in [-0.15, -0.1) is 23.1 Å². The Balaban J connectivity index is 1.61. The van der Waals surface area contributed by atoms with Crippen LogP contribution in [-0.2, 0) is 5.60 Å². The second-order valence-corrected chi connectivity index (χ2v) is 10.7. The van der Waals surface area contributed by atoms with Crippen LogP contribution in [0.25, 0.3) is 21.1 Å². The van der Waals surface area contributed by atoms with E-state index >= 15 is 0 Å². The number of thioether (sulfide) groups is 1. The Labute approximate surface area is 217 Å². The van der Waals surface area contributed by atoms with Crippen molar-refractivity contribution in [1.29, 1.82) is 0 Å². The van der Waals surface area contributed by atoms with Crippen molar-refractivity contribution in [2.75, 3.05) is 31.5 Å². The lowest BCUT2D eigenvalue weighted by molar-refractivity contribution is 0.0531. The SMILES string of the molecule is CCC(C)(O)c1cccc(-c2csc(-c3sc(Nc4cc(OC)c(OC)c(SC)c4)nc3N)n2)c1. The standard InChI is InChI=1S/C25H28N4O3S3/c1-6-25(2,30)15-9-7-8-14(10-15)17-13-34-23(28-17)21-22(26)29-24(35-21)27-16-11-18(31-3)20(32-4)19(12-16)33-5/h7-13,30H,6,26H2,1-5H3,(H,27,29). The van der Waals surface area contributed by atoms with Gasteiger partial charge >= 0.3 is 0 Å².